The van der Waals surface area contributed by atoms with E-state index >= 15 is 0 Å². The average Bonchev–Trinajstić information content (AvgIpc) is 2.27. The third-order valence-electron chi connectivity index (χ3n) is 1.71. The summed E-state index contributed by atoms with van der Waals surface area (Å²) < 4.78 is 36.9. The number of nitrogens with one attached hydrogen (secondary N) is 1. The number of hydrogen-bond acceptors (Lipinski definition) is 1. The van der Waals surface area contributed by atoms with Crippen LogP contribution >= 0.6 is 0 Å². The molecule has 13 heavy (non-hydrogen) atoms. The molecular formula is C8H11F3N2. The second kappa shape index (κ2) is 3.32. The van der Waals surface area contributed by atoms with Crippen molar-refractivity contribution in [2.75, 3.05) is 12.0 Å². The number of aromatic nitrogens is 1. The van der Waals surface area contributed by atoms with Crippen LogP contribution in [-0.4, -0.2) is 17.4 Å². The molecule has 0 aromatic carbocycles. The number of aryl methyl sites for hydroxylation is 2. The van der Waals surface area contributed by atoms with Crippen LogP contribution in [0.2, 0.25) is 0 Å². The molecule has 0 radical (unpaired) electrons. The first-order valence-corrected chi connectivity index (χ1v) is 3.86. The van der Waals surface area contributed by atoms with Gasteiger partial charge in [-0.05, 0) is 26.0 Å². The zero-order valence-electron chi connectivity index (χ0n) is 7.44. The summed E-state index contributed by atoms with van der Waals surface area (Å²) in [5.74, 6) is 0. The van der Waals surface area contributed by atoms with Gasteiger partial charge in [-0.2, -0.15) is 13.2 Å². The van der Waals surface area contributed by atoms with Crippen LogP contribution in [0.4, 0.5) is 13.2 Å². The van der Waals surface area contributed by atoms with Crippen molar-refractivity contribution in [3.05, 3.63) is 23.5 Å². The van der Waals surface area contributed by atoms with Crippen molar-refractivity contribution in [1.82, 2.24) is 4.68 Å². The van der Waals surface area contributed by atoms with Gasteiger partial charge in [0, 0.05) is 11.4 Å². The normalized spacial score (nSPS) is 11.8. The molecule has 1 heterocycles. The molecule has 2 nitrogen and oxygen atoms in total. The van der Waals surface area contributed by atoms with Crippen LogP contribution in [-0.2, 0) is 0 Å². The molecule has 0 spiro atoms. The summed E-state index contributed by atoms with van der Waals surface area (Å²) in [7, 11) is 0. The highest BCUT2D eigenvalue weighted by molar-refractivity contribution is 5.15. The lowest BCUT2D eigenvalue weighted by Crippen LogP contribution is -2.29. The van der Waals surface area contributed by atoms with Crippen LogP contribution in [0.1, 0.15) is 11.4 Å². The molecule has 0 fully saturated rings. The van der Waals surface area contributed by atoms with E-state index in [0.29, 0.717) is 0 Å². The Balaban J connectivity index is 2.64. The van der Waals surface area contributed by atoms with Crippen LogP contribution in [0.3, 0.4) is 0 Å². The van der Waals surface area contributed by atoms with Crippen molar-refractivity contribution in [3.8, 4) is 0 Å². The van der Waals surface area contributed by atoms with Crippen LogP contribution in [0.15, 0.2) is 12.1 Å². The fraction of sp³-hybridized carbons (Fsp3) is 0.500. The van der Waals surface area contributed by atoms with Gasteiger partial charge in [0.2, 0.25) is 0 Å². The summed E-state index contributed by atoms with van der Waals surface area (Å²) in [6, 6.07) is 3.53. The first-order chi connectivity index (χ1) is 5.90. The Morgan fingerprint density at radius 1 is 1.23 bits per heavy atom. The average molecular weight is 192 g/mol. The van der Waals surface area contributed by atoms with E-state index in [4.69, 9.17) is 0 Å². The highest BCUT2D eigenvalue weighted by Gasteiger charge is 2.27. The van der Waals surface area contributed by atoms with Gasteiger partial charge < -0.3 is 5.43 Å². The van der Waals surface area contributed by atoms with Gasteiger partial charge in [-0.3, -0.25) is 4.68 Å². The van der Waals surface area contributed by atoms with E-state index in [-0.39, 0.29) is 0 Å². The quantitative estimate of drug-likeness (QED) is 0.760. The molecule has 74 valence electrons. The topological polar surface area (TPSA) is 17.0 Å². The summed E-state index contributed by atoms with van der Waals surface area (Å²) in [6.07, 6.45) is -4.18. The Kier molecular flexibility index (Phi) is 2.54. The highest BCUT2D eigenvalue weighted by Crippen LogP contribution is 2.14. The Morgan fingerprint density at radius 2 is 1.69 bits per heavy atom. The molecule has 0 aliphatic rings. The van der Waals surface area contributed by atoms with E-state index in [1.807, 2.05) is 0 Å². The molecule has 1 aromatic rings. The fourth-order valence-corrected chi connectivity index (χ4v) is 1.09. The van der Waals surface area contributed by atoms with Gasteiger partial charge in [0.1, 0.15) is 6.54 Å². The number of hydrogen-bond donors (Lipinski definition) is 1. The summed E-state index contributed by atoms with van der Waals surface area (Å²) >= 11 is 0. The lowest BCUT2D eigenvalue weighted by atomic mass is 10.5. The Morgan fingerprint density at radius 3 is 2.08 bits per heavy atom. The minimum absolute atomic E-state index is 0.766. The molecule has 0 aliphatic carbocycles. The van der Waals surface area contributed by atoms with Crippen LogP contribution in [0.5, 0.6) is 0 Å². The fourth-order valence-electron chi connectivity index (χ4n) is 1.09. The minimum atomic E-state index is -4.18. The smallest absolute Gasteiger partial charge is 0.317 e. The van der Waals surface area contributed by atoms with Crippen molar-refractivity contribution < 1.29 is 13.2 Å². The number of rotatable bonds is 2. The molecular weight excluding hydrogens is 181 g/mol. The predicted octanol–water partition coefficient (Wildman–Crippen LogP) is 2.21. The van der Waals surface area contributed by atoms with E-state index in [2.05, 4.69) is 5.43 Å². The SMILES string of the molecule is Cc1ccc(C)n1NCC(F)(F)F. The molecule has 0 saturated carbocycles. The first kappa shape index (κ1) is 9.95. The minimum Gasteiger partial charge on any atom is -0.317 e. The van der Waals surface area contributed by atoms with Crippen molar-refractivity contribution in [1.29, 1.82) is 0 Å². The monoisotopic (exact) mass is 192 g/mol. The molecule has 0 unspecified atom stereocenters. The summed E-state index contributed by atoms with van der Waals surface area (Å²) in [4.78, 5) is 0. The second-order valence-corrected chi connectivity index (χ2v) is 2.90. The van der Waals surface area contributed by atoms with E-state index in [1.54, 1.807) is 26.0 Å². The molecule has 0 atom stereocenters. The van der Waals surface area contributed by atoms with Gasteiger partial charge in [0.05, 0.1) is 0 Å². The maximum Gasteiger partial charge on any atom is 0.407 e. The molecule has 1 N–H and O–H groups in total. The summed E-state index contributed by atoms with van der Waals surface area (Å²) in [5, 5.41) is 0. The zero-order valence-corrected chi connectivity index (χ0v) is 7.44. The van der Waals surface area contributed by atoms with E-state index < -0.39 is 12.7 Å². The standard InChI is InChI=1S/C8H11F3N2/c1-6-3-4-7(2)13(6)12-5-8(9,10)11/h3-4,12H,5H2,1-2H3. The third kappa shape index (κ3) is 2.68. The van der Waals surface area contributed by atoms with E-state index in [1.165, 1.54) is 4.68 Å². The highest BCUT2D eigenvalue weighted by atomic mass is 19.4. The van der Waals surface area contributed by atoms with E-state index in [0.717, 1.165) is 11.4 Å². The molecule has 0 saturated heterocycles. The maximum absolute atomic E-state index is 11.8. The van der Waals surface area contributed by atoms with E-state index in [9.17, 15) is 13.2 Å². The third-order valence-corrected chi connectivity index (χ3v) is 1.71. The van der Waals surface area contributed by atoms with Gasteiger partial charge in [0.25, 0.3) is 0 Å². The molecule has 5 heteroatoms. The number of halogens is 3. The lowest BCUT2D eigenvalue weighted by molar-refractivity contribution is -0.116. The summed E-state index contributed by atoms with van der Waals surface area (Å²) in [5.41, 5.74) is 3.82. The van der Waals surface area contributed by atoms with Crippen LogP contribution in [0, 0.1) is 13.8 Å². The maximum atomic E-state index is 11.8. The molecule has 1 aromatic heterocycles. The number of alkyl halides is 3. The number of nitrogens with zero attached hydrogens (tertiary/aromatic N) is 1. The van der Waals surface area contributed by atoms with Crippen LogP contribution < -0.4 is 5.43 Å². The van der Waals surface area contributed by atoms with Crippen molar-refractivity contribution in [2.45, 2.75) is 20.0 Å². The zero-order chi connectivity index (χ0) is 10.1. The largest absolute Gasteiger partial charge is 0.407 e. The Labute approximate surface area is 74.3 Å². The molecule has 1 rings (SSSR count). The van der Waals surface area contributed by atoms with Crippen molar-refractivity contribution in [3.63, 3.8) is 0 Å². The van der Waals surface area contributed by atoms with Gasteiger partial charge in [-0.25, -0.2) is 0 Å². The van der Waals surface area contributed by atoms with Crippen molar-refractivity contribution in [2.24, 2.45) is 0 Å². The molecule has 0 aliphatic heterocycles. The van der Waals surface area contributed by atoms with Gasteiger partial charge in [0.15, 0.2) is 0 Å². The summed E-state index contributed by atoms with van der Waals surface area (Å²) in [6.45, 7) is 2.48. The van der Waals surface area contributed by atoms with Gasteiger partial charge in [-0.1, -0.05) is 0 Å². The molecule has 0 bridgehead atoms. The van der Waals surface area contributed by atoms with Crippen LogP contribution in [0.25, 0.3) is 0 Å². The molecule has 0 amide bonds. The lowest BCUT2D eigenvalue weighted by Gasteiger charge is -2.14. The van der Waals surface area contributed by atoms with Gasteiger partial charge in [-0.15, -0.1) is 0 Å². The first-order valence-electron chi connectivity index (χ1n) is 3.86. The van der Waals surface area contributed by atoms with Crippen molar-refractivity contribution >= 4 is 0 Å². The second-order valence-electron chi connectivity index (χ2n) is 2.90. The Hall–Kier alpha value is -1.13. The predicted molar refractivity (Wildman–Crippen MR) is 44.2 cm³/mol. The Bertz CT molecular complexity index is 269. The van der Waals surface area contributed by atoms with Gasteiger partial charge >= 0.3 is 6.18 Å².